The van der Waals surface area contributed by atoms with Crippen LogP contribution in [-0.2, 0) is 0 Å². The number of hydrogen-bond donors (Lipinski definition) is 1. The molecule has 7 heavy (non-hydrogen) atoms. The van der Waals surface area contributed by atoms with E-state index in [9.17, 15) is 0 Å². The molecule has 0 bridgehead atoms. The average molecular weight is 108 g/mol. The van der Waals surface area contributed by atoms with Crippen molar-refractivity contribution >= 4 is 29.6 Å². The first-order chi connectivity index (χ1) is 2.89. The predicted octanol–water partition coefficient (Wildman–Crippen LogP) is -1.14. The molecule has 1 aromatic heterocycles. The zero-order valence-electron chi connectivity index (χ0n) is 3.34. The molecule has 1 rings (SSSR count). The van der Waals surface area contributed by atoms with Crippen LogP contribution in [0.2, 0.25) is 0 Å². The van der Waals surface area contributed by atoms with Gasteiger partial charge in [0.2, 0.25) is 0 Å². The van der Waals surface area contributed by atoms with Crippen LogP contribution in [0, 0.1) is 6.92 Å². The zero-order valence-corrected chi connectivity index (χ0v) is 3.34. The van der Waals surface area contributed by atoms with Crippen LogP contribution in [0.1, 0.15) is 5.82 Å². The normalized spacial score (nSPS) is 7.57. The third kappa shape index (κ3) is 2.01. The molecule has 5 heteroatoms. The Morgan fingerprint density at radius 3 is 2.43 bits per heavy atom. The molecule has 0 atom stereocenters. The summed E-state index contributed by atoms with van der Waals surface area (Å²) in [5.41, 5.74) is 0. The molecule has 0 spiro atoms. The van der Waals surface area contributed by atoms with Gasteiger partial charge in [0.25, 0.3) is 0 Å². The van der Waals surface area contributed by atoms with Crippen LogP contribution >= 0.6 is 0 Å². The van der Waals surface area contributed by atoms with E-state index in [0.717, 1.165) is 5.82 Å². The zero-order chi connectivity index (χ0) is 4.41. The number of tetrazole rings is 1. The van der Waals surface area contributed by atoms with Gasteiger partial charge >= 0.3 is 29.6 Å². The van der Waals surface area contributed by atoms with Gasteiger partial charge in [0.1, 0.15) is 5.82 Å². The minimum atomic E-state index is 0. The van der Waals surface area contributed by atoms with Crippen LogP contribution < -0.4 is 0 Å². The van der Waals surface area contributed by atoms with E-state index in [-0.39, 0.29) is 29.6 Å². The van der Waals surface area contributed by atoms with Crippen LogP contribution in [0.3, 0.4) is 0 Å². The molecule has 0 aliphatic heterocycles. The van der Waals surface area contributed by atoms with Crippen molar-refractivity contribution in [3.63, 3.8) is 0 Å². The van der Waals surface area contributed by atoms with Crippen molar-refractivity contribution in [1.29, 1.82) is 0 Å². The van der Waals surface area contributed by atoms with Gasteiger partial charge in [-0.1, -0.05) is 0 Å². The SMILES string of the molecule is Cc1nnn[nH]1.[NaH]. The summed E-state index contributed by atoms with van der Waals surface area (Å²) in [6, 6.07) is 0. The van der Waals surface area contributed by atoms with Crippen LogP contribution in [0.15, 0.2) is 0 Å². The second kappa shape index (κ2) is 3.12. The van der Waals surface area contributed by atoms with E-state index < -0.39 is 0 Å². The number of H-pyrrole nitrogens is 1. The van der Waals surface area contributed by atoms with E-state index in [1.165, 1.54) is 0 Å². The molecular formula is C2H5N4Na. The molecule has 0 aliphatic rings. The summed E-state index contributed by atoms with van der Waals surface area (Å²) >= 11 is 0. The second-order valence-electron chi connectivity index (χ2n) is 0.987. The number of hydrogen-bond acceptors (Lipinski definition) is 3. The molecule has 1 heterocycles. The monoisotopic (exact) mass is 108 g/mol. The Kier molecular flexibility index (Phi) is 3.15. The summed E-state index contributed by atoms with van der Waals surface area (Å²) in [6.07, 6.45) is 0. The summed E-state index contributed by atoms with van der Waals surface area (Å²) in [5, 5.41) is 12.6. The van der Waals surface area contributed by atoms with E-state index in [1.807, 2.05) is 0 Å². The van der Waals surface area contributed by atoms with Crippen LogP contribution in [0.4, 0.5) is 0 Å². The summed E-state index contributed by atoms with van der Waals surface area (Å²) in [7, 11) is 0. The molecule has 1 N–H and O–H groups in total. The van der Waals surface area contributed by atoms with E-state index in [0.29, 0.717) is 0 Å². The van der Waals surface area contributed by atoms with E-state index in [1.54, 1.807) is 6.92 Å². The molecular weight excluding hydrogens is 103 g/mol. The fourth-order valence-electron chi connectivity index (χ4n) is 0.207. The Balaban J connectivity index is 0.000000360. The number of rotatable bonds is 0. The van der Waals surface area contributed by atoms with Gasteiger partial charge in [-0.05, 0) is 17.4 Å². The van der Waals surface area contributed by atoms with Crippen molar-refractivity contribution in [3.05, 3.63) is 5.82 Å². The molecule has 0 radical (unpaired) electrons. The van der Waals surface area contributed by atoms with Gasteiger partial charge in [0.15, 0.2) is 0 Å². The third-order valence-corrected chi connectivity index (χ3v) is 0.451. The Bertz CT molecular complexity index is 113. The van der Waals surface area contributed by atoms with Crippen molar-refractivity contribution in [2.45, 2.75) is 6.92 Å². The van der Waals surface area contributed by atoms with Gasteiger partial charge in [0, 0.05) is 0 Å². The molecule has 1 aromatic rings. The molecule has 0 saturated heterocycles. The number of aromatic nitrogens is 4. The van der Waals surface area contributed by atoms with Crippen molar-refractivity contribution in [2.24, 2.45) is 0 Å². The Morgan fingerprint density at radius 2 is 2.29 bits per heavy atom. The van der Waals surface area contributed by atoms with Crippen molar-refractivity contribution in [3.8, 4) is 0 Å². The number of nitrogens with one attached hydrogen (secondary N) is 1. The second-order valence-corrected chi connectivity index (χ2v) is 0.987. The van der Waals surface area contributed by atoms with Gasteiger partial charge in [-0.2, -0.15) is 0 Å². The van der Waals surface area contributed by atoms with Gasteiger partial charge in [-0.15, -0.1) is 5.10 Å². The molecule has 0 unspecified atom stereocenters. The Labute approximate surface area is 63.0 Å². The van der Waals surface area contributed by atoms with Crippen LogP contribution in [-0.4, -0.2) is 50.2 Å². The van der Waals surface area contributed by atoms with Crippen molar-refractivity contribution in [1.82, 2.24) is 20.6 Å². The molecule has 4 nitrogen and oxygen atoms in total. The summed E-state index contributed by atoms with van der Waals surface area (Å²) < 4.78 is 0. The third-order valence-electron chi connectivity index (χ3n) is 0.451. The van der Waals surface area contributed by atoms with Crippen LogP contribution in [0.5, 0.6) is 0 Å². The molecule has 0 aromatic carbocycles. The predicted molar refractivity (Wildman–Crippen MR) is 26.1 cm³/mol. The summed E-state index contributed by atoms with van der Waals surface area (Å²) in [4.78, 5) is 0. The number of nitrogens with zero attached hydrogens (tertiary/aromatic N) is 3. The Morgan fingerprint density at radius 1 is 1.57 bits per heavy atom. The molecule has 0 amide bonds. The van der Waals surface area contributed by atoms with Gasteiger partial charge in [0.05, 0.1) is 0 Å². The number of aromatic amines is 1. The average Bonchev–Trinajstić information content (AvgIpc) is 1.86. The van der Waals surface area contributed by atoms with E-state index in [4.69, 9.17) is 0 Å². The fourth-order valence-corrected chi connectivity index (χ4v) is 0.207. The van der Waals surface area contributed by atoms with E-state index in [2.05, 4.69) is 20.6 Å². The first-order valence-electron chi connectivity index (χ1n) is 1.60. The van der Waals surface area contributed by atoms with Crippen molar-refractivity contribution in [2.75, 3.05) is 0 Å². The summed E-state index contributed by atoms with van der Waals surface area (Å²) in [5.74, 6) is 0.745. The topological polar surface area (TPSA) is 54.5 Å². The Hall–Kier alpha value is 0.0700. The van der Waals surface area contributed by atoms with E-state index >= 15 is 0 Å². The van der Waals surface area contributed by atoms with Crippen LogP contribution in [0.25, 0.3) is 0 Å². The first kappa shape index (κ1) is 7.07. The maximum absolute atomic E-state index is 3.50. The standard InChI is InChI=1S/C2H4N4.Na.H/c1-2-3-5-6-4-2;;/h1H3,(H,3,4,5,6);;. The maximum atomic E-state index is 3.50. The molecule has 0 fully saturated rings. The fraction of sp³-hybridized carbons (Fsp3) is 0.500. The number of aryl methyl sites for hydroxylation is 1. The quantitative estimate of drug-likeness (QED) is 0.427. The molecule has 0 aliphatic carbocycles. The molecule has 34 valence electrons. The van der Waals surface area contributed by atoms with Gasteiger partial charge in [-0.3, -0.25) is 0 Å². The summed E-state index contributed by atoms with van der Waals surface area (Å²) in [6.45, 7) is 1.79. The minimum absolute atomic E-state index is 0. The van der Waals surface area contributed by atoms with Gasteiger partial charge in [-0.25, -0.2) is 5.10 Å². The first-order valence-corrected chi connectivity index (χ1v) is 1.60. The van der Waals surface area contributed by atoms with Gasteiger partial charge < -0.3 is 0 Å². The van der Waals surface area contributed by atoms with Crippen molar-refractivity contribution < 1.29 is 0 Å². The molecule has 0 saturated carbocycles.